The van der Waals surface area contributed by atoms with Crippen LogP contribution in [-0.2, 0) is 0 Å². The van der Waals surface area contributed by atoms with Gasteiger partial charge >= 0.3 is 0 Å². The normalized spacial score (nSPS) is 15.0. The van der Waals surface area contributed by atoms with E-state index in [1.54, 1.807) is 12.5 Å². The lowest BCUT2D eigenvalue weighted by molar-refractivity contribution is -0.00000195. The van der Waals surface area contributed by atoms with E-state index in [1.807, 2.05) is 4.90 Å². The Morgan fingerprint density at radius 3 is 2.80 bits per heavy atom. The molecule has 0 N–H and O–H groups in total. The minimum Gasteiger partial charge on any atom is -1.00 e. The number of alkyl halides is 1. The molecular formula is C6H9Cl2N2. The second-order valence-corrected chi connectivity index (χ2v) is 2.07. The van der Waals surface area contributed by atoms with Crippen molar-refractivity contribution >= 4 is 17.9 Å². The SMILES string of the molecule is CCN1C=[N+]C=C1CCl.[Cl-]. The van der Waals surface area contributed by atoms with Crippen LogP contribution < -0.4 is 17.4 Å². The Bertz CT molecular complexity index is 154. The fourth-order valence-electron chi connectivity index (χ4n) is 0.744. The Labute approximate surface area is 72.0 Å². The van der Waals surface area contributed by atoms with Crippen LogP contribution in [0.25, 0.3) is 0 Å². The maximum absolute atomic E-state index is 5.59. The predicted molar refractivity (Wildman–Crippen MR) is 39.4 cm³/mol. The lowest BCUT2D eigenvalue weighted by atomic mass is 10.5. The summed E-state index contributed by atoms with van der Waals surface area (Å²) in [5.74, 6) is 0.549. The molecule has 0 unspecified atom stereocenters. The van der Waals surface area contributed by atoms with Crippen LogP contribution in [0, 0.1) is 0 Å². The molecule has 10 heavy (non-hydrogen) atoms. The Morgan fingerprint density at radius 2 is 2.40 bits per heavy atom. The third-order valence-corrected chi connectivity index (χ3v) is 1.55. The first-order chi connectivity index (χ1) is 4.38. The Morgan fingerprint density at radius 1 is 1.70 bits per heavy atom. The smallest absolute Gasteiger partial charge is 0.286 e. The van der Waals surface area contributed by atoms with Gasteiger partial charge in [-0.1, -0.05) is 4.99 Å². The van der Waals surface area contributed by atoms with Crippen molar-refractivity contribution in [3.8, 4) is 0 Å². The molecule has 0 aliphatic carbocycles. The molecule has 0 fully saturated rings. The highest BCUT2D eigenvalue weighted by Crippen LogP contribution is 2.05. The molecule has 0 bridgehead atoms. The lowest BCUT2D eigenvalue weighted by Crippen LogP contribution is -3.00. The number of halogens is 2. The molecule has 4 heteroatoms. The maximum Gasteiger partial charge on any atom is 0.286 e. The summed E-state index contributed by atoms with van der Waals surface area (Å²) in [5.41, 5.74) is 1.08. The van der Waals surface area contributed by atoms with E-state index in [4.69, 9.17) is 11.6 Å². The minimum atomic E-state index is 0. The minimum absolute atomic E-state index is 0. The van der Waals surface area contributed by atoms with E-state index in [0.29, 0.717) is 5.88 Å². The summed E-state index contributed by atoms with van der Waals surface area (Å²) in [6.45, 7) is 3.01. The van der Waals surface area contributed by atoms with Gasteiger partial charge in [0.2, 0.25) is 0 Å². The summed E-state index contributed by atoms with van der Waals surface area (Å²) in [5, 5.41) is 0. The lowest BCUT2D eigenvalue weighted by Gasteiger charge is -2.03. The highest BCUT2D eigenvalue weighted by molar-refractivity contribution is 6.19. The van der Waals surface area contributed by atoms with Gasteiger partial charge in [0.25, 0.3) is 6.34 Å². The first kappa shape index (κ1) is 9.79. The van der Waals surface area contributed by atoms with Crippen molar-refractivity contribution in [1.29, 1.82) is 0 Å². The van der Waals surface area contributed by atoms with E-state index in [1.165, 1.54) is 0 Å². The molecule has 0 aromatic rings. The standard InChI is InChI=1S/C6H9ClN2.ClH/c1-2-9-5-8-4-6(9)3-7;/h4-5H,2-3H2,1H3;1H/q+1;/p-1. The molecule has 0 aromatic heterocycles. The molecule has 0 saturated carbocycles. The van der Waals surface area contributed by atoms with E-state index in [9.17, 15) is 0 Å². The van der Waals surface area contributed by atoms with Crippen molar-refractivity contribution < 1.29 is 12.4 Å². The monoisotopic (exact) mass is 179 g/mol. The van der Waals surface area contributed by atoms with E-state index < -0.39 is 0 Å². The molecule has 1 heterocycles. The van der Waals surface area contributed by atoms with E-state index in [-0.39, 0.29) is 12.4 Å². The number of rotatable bonds is 2. The predicted octanol–water partition coefficient (Wildman–Crippen LogP) is -2.23. The third kappa shape index (κ3) is 1.89. The van der Waals surface area contributed by atoms with Crippen LogP contribution in [0.3, 0.4) is 0 Å². The van der Waals surface area contributed by atoms with Gasteiger partial charge in [0.1, 0.15) is 0 Å². The fourth-order valence-corrected chi connectivity index (χ4v) is 0.967. The topological polar surface area (TPSA) is 17.3 Å². The van der Waals surface area contributed by atoms with Crippen molar-refractivity contribution in [3.63, 3.8) is 0 Å². The molecular weight excluding hydrogens is 171 g/mol. The summed E-state index contributed by atoms with van der Waals surface area (Å²) in [4.78, 5) is 5.96. The van der Waals surface area contributed by atoms with E-state index >= 15 is 0 Å². The maximum atomic E-state index is 5.59. The fraction of sp³-hybridized carbons (Fsp3) is 0.500. The quantitative estimate of drug-likeness (QED) is 0.439. The number of aliphatic imine (C=N–C) groups is 1. The molecule has 0 spiro atoms. The number of hydrogen-bond donors (Lipinski definition) is 0. The van der Waals surface area contributed by atoms with Crippen LogP contribution in [0.15, 0.2) is 11.9 Å². The Balaban J connectivity index is 0.000000810. The molecule has 2 nitrogen and oxygen atoms in total. The summed E-state index contributed by atoms with van der Waals surface area (Å²) in [6.07, 6.45) is 3.58. The third-order valence-electron chi connectivity index (χ3n) is 1.28. The second-order valence-electron chi connectivity index (χ2n) is 1.80. The molecule has 0 aromatic carbocycles. The molecule has 1 rings (SSSR count). The zero-order chi connectivity index (χ0) is 6.69. The Hall–Kier alpha value is -0.210. The molecule has 0 saturated heterocycles. The Kier molecular flexibility index (Phi) is 4.49. The van der Waals surface area contributed by atoms with Gasteiger partial charge < -0.3 is 12.4 Å². The van der Waals surface area contributed by atoms with Gasteiger partial charge in [0.05, 0.1) is 12.4 Å². The molecule has 57 valence electrons. The molecule has 1 radical (unpaired) electrons. The number of nitrogens with zero attached hydrogens (tertiary/aromatic N) is 2. The molecule has 1 aliphatic rings. The van der Waals surface area contributed by atoms with Gasteiger partial charge in [-0.3, -0.25) is 0 Å². The van der Waals surface area contributed by atoms with E-state index in [0.717, 1.165) is 12.2 Å². The summed E-state index contributed by atoms with van der Waals surface area (Å²) < 4.78 is 0. The average molecular weight is 180 g/mol. The van der Waals surface area contributed by atoms with Gasteiger partial charge in [0, 0.05) is 0 Å². The molecule has 1 aliphatic heterocycles. The van der Waals surface area contributed by atoms with Crippen LogP contribution in [0.1, 0.15) is 6.92 Å². The van der Waals surface area contributed by atoms with Gasteiger partial charge in [0.15, 0.2) is 11.9 Å². The van der Waals surface area contributed by atoms with Gasteiger partial charge in [-0.05, 0) is 6.92 Å². The van der Waals surface area contributed by atoms with E-state index in [2.05, 4.69) is 11.9 Å². The van der Waals surface area contributed by atoms with Crippen LogP contribution in [0.2, 0.25) is 0 Å². The van der Waals surface area contributed by atoms with Crippen molar-refractivity contribution in [2.45, 2.75) is 6.92 Å². The highest BCUT2D eigenvalue weighted by Gasteiger charge is 2.17. The zero-order valence-corrected chi connectivity index (χ0v) is 7.23. The highest BCUT2D eigenvalue weighted by atomic mass is 35.5. The average Bonchev–Trinajstić information content (AvgIpc) is 2.33. The second kappa shape index (κ2) is 4.58. The van der Waals surface area contributed by atoms with Gasteiger partial charge in [-0.25, -0.2) is 4.90 Å². The van der Waals surface area contributed by atoms with Gasteiger partial charge in [-0.2, -0.15) is 0 Å². The number of allylic oxidation sites excluding steroid dienone is 1. The van der Waals surface area contributed by atoms with Crippen LogP contribution in [0.4, 0.5) is 0 Å². The van der Waals surface area contributed by atoms with Crippen molar-refractivity contribution in [2.24, 2.45) is 0 Å². The van der Waals surface area contributed by atoms with Crippen LogP contribution >= 0.6 is 11.6 Å². The van der Waals surface area contributed by atoms with Gasteiger partial charge in [-0.15, -0.1) is 11.6 Å². The largest absolute Gasteiger partial charge is 1.00 e. The van der Waals surface area contributed by atoms with Crippen LogP contribution in [0.5, 0.6) is 0 Å². The summed E-state index contributed by atoms with van der Waals surface area (Å²) >= 11 is 5.59. The number of hydrogen-bond acceptors (Lipinski definition) is 2. The summed E-state index contributed by atoms with van der Waals surface area (Å²) in [7, 11) is 0. The molecule has 0 atom stereocenters. The van der Waals surface area contributed by atoms with Crippen molar-refractivity contribution in [2.75, 3.05) is 12.4 Å². The van der Waals surface area contributed by atoms with Crippen molar-refractivity contribution in [1.82, 2.24) is 9.89 Å². The first-order valence-corrected chi connectivity index (χ1v) is 3.47. The van der Waals surface area contributed by atoms with Crippen molar-refractivity contribution in [3.05, 3.63) is 11.9 Å². The summed E-state index contributed by atoms with van der Waals surface area (Å²) in [6, 6.07) is 0. The molecule has 0 amide bonds. The first-order valence-electron chi connectivity index (χ1n) is 2.93. The zero-order valence-electron chi connectivity index (χ0n) is 5.72. The van der Waals surface area contributed by atoms with Crippen LogP contribution in [-0.4, -0.2) is 23.7 Å².